The molecule has 0 radical (unpaired) electrons. The molecule has 1 amide bonds. The summed E-state index contributed by atoms with van der Waals surface area (Å²) in [5, 5.41) is 2.86. The van der Waals surface area contributed by atoms with E-state index in [4.69, 9.17) is 0 Å². The molecule has 2 aromatic rings. The topological polar surface area (TPSA) is 54.9 Å². The normalized spacial score (nSPS) is 11.5. The summed E-state index contributed by atoms with van der Waals surface area (Å²) in [6, 6.07) is 7.48. The minimum absolute atomic E-state index is 0.198. The first-order valence-corrected chi connectivity index (χ1v) is 5.50. The molecule has 4 nitrogen and oxygen atoms in total. The molecule has 0 fully saturated rings. The van der Waals surface area contributed by atoms with Crippen molar-refractivity contribution < 1.29 is 4.79 Å². The number of rotatable bonds is 1. The van der Waals surface area contributed by atoms with Crippen molar-refractivity contribution in [1.82, 2.24) is 15.3 Å². The van der Waals surface area contributed by atoms with Crippen LogP contribution < -0.4 is 5.32 Å². The quantitative estimate of drug-likeness (QED) is 0.815. The van der Waals surface area contributed by atoms with Crippen molar-refractivity contribution >= 4 is 16.9 Å². The maximum atomic E-state index is 11.9. The molecule has 0 aliphatic heterocycles. The lowest BCUT2D eigenvalue weighted by Gasteiger charge is -2.19. The summed E-state index contributed by atoms with van der Waals surface area (Å²) in [6.45, 7) is 5.79. The van der Waals surface area contributed by atoms with Gasteiger partial charge in [-0.3, -0.25) is 9.78 Å². The molecule has 17 heavy (non-hydrogen) atoms. The maximum absolute atomic E-state index is 11.9. The van der Waals surface area contributed by atoms with E-state index in [0.717, 1.165) is 11.0 Å². The monoisotopic (exact) mass is 229 g/mol. The van der Waals surface area contributed by atoms with Gasteiger partial charge in [-0.1, -0.05) is 12.1 Å². The summed E-state index contributed by atoms with van der Waals surface area (Å²) in [5.74, 6) is -0.198. The van der Waals surface area contributed by atoms with E-state index in [-0.39, 0.29) is 11.4 Å². The second kappa shape index (κ2) is 4.13. The molecule has 0 spiro atoms. The Morgan fingerprint density at radius 1 is 1.18 bits per heavy atom. The maximum Gasteiger partial charge on any atom is 0.271 e. The van der Waals surface area contributed by atoms with Gasteiger partial charge in [0.05, 0.1) is 17.2 Å². The van der Waals surface area contributed by atoms with Gasteiger partial charge in [-0.2, -0.15) is 0 Å². The van der Waals surface area contributed by atoms with Crippen molar-refractivity contribution in [3.63, 3.8) is 0 Å². The standard InChI is InChI=1S/C13H15N3O/c1-13(2,3)16-12(17)11-8-14-9-6-4-5-7-10(9)15-11/h4-8H,1-3H3,(H,16,17). The molecule has 0 saturated carbocycles. The number of carbonyl (C=O) groups is 1. The van der Waals surface area contributed by atoms with Crippen LogP contribution in [0.5, 0.6) is 0 Å². The van der Waals surface area contributed by atoms with E-state index in [1.807, 2.05) is 45.0 Å². The second-order valence-electron chi connectivity index (χ2n) is 4.95. The fourth-order valence-corrected chi connectivity index (χ4v) is 1.47. The Morgan fingerprint density at radius 2 is 1.82 bits per heavy atom. The van der Waals surface area contributed by atoms with Gasteiger partial charge < -0.3 is 5.32 Å². The number of nitrogens with one attached hydrogen (secondary N) is 1. The van der Waals surface area contributed by atoms with Gasteiger partial charge in [0.15, 0.2) is 0 Å². The van der Waals surface area contributed by atoms with E-state index in [2.05, 4.69) is 15.3 Å². The molecule has 0 aliphatic carbocycles. The minimum Gasteiger partial charge on any atom is -0.346 e. The number of hydrogen-bond acceptors (Lipinski definition) is 3. The molecule has 0 unspecified atom stereocenters. The average Bonchev–Trinajstić information content (AvgIpc) is 2.26. The third-order valence-electron chi connectivity index (χ3n) is 2.17. The summed E-state index contributed by atoms with van der Waals surface area (Å²) in [4.78, 5) is 20.4. The third-order valence-corrected chi connectivity index (χ3v) is 2.17. The Labute approximate surface area is 100 Å². The highest BCUT2D eigenvalue weighted by Gasteiger charge is 2.16. The molecular weight excluding hydrogens is 214 g/mol. The Hall–Kier alpha value is -1.97. The van der Waals surface area contributed by atoms with Crippen LogP contribution in [0.1, 0.15) is 31.3 Å². The van der Waals surface area contributed by atoms with Crippen LogP contribution in [-0.4, -0.2) is 21.4 Å². The molecule has 1 N–H and O–H groups in total. The van der Waals surface area contributed by atoms with Crippen molar-refractivity contribution in [3.8, 4) is 0 Å². The third kappa shape index (κ3) is 2.78. The van der Waals surface area contributed by atoms with Crippen LogP contribution in [0.25, 0.3) is 11.0 Å². The van der Waals surface area contributed by atoms with Gasteiger partial charge in [0.1, 0.15) is 5.69 Å². The lowest BCUT2D eigenvalue weighted by atomic mass is 10.1. The molecule has 0 aliphatic rings. The lowest BCUT2D eigenvalue weighted by Crippen LogP contribution is -2.41. The molecule has 88 valence electrons. The van der Waals surface area contributed by atoms with Crippen LogP contribution in [0, 0.1) is 0 Å². The molecule has 4 heteroatoms. The van der Waals surface area contributed by atoms with Crippen LogP contribution in [0.4, 0.5) is 0 Å². The summed E-state index contributed by atoms with van der Waals surface area (Å²) in [5.41, 5.74) is 1.59. The summed E-state index contributed by atoms with van der Waals surface area (Å²) in [7, 11) is 0. The van der Waals surface area contributed by atoms with Crippen LogP contribution in [-0.2, 0) is 0 Å². The van der Waals surface area contributed by atoms with Crippen LogP contribution >= 0.6 is 0 Å². The molecule has 0 atom stereocenters. The van der Waals surface area contributed by atoms with Crippen LogP contribution in [0.15, 0.2) is 30.5 Å². The molecule has 1 heterocycles. The van der Waals surface area contributed by atoms with Gasteiger partial charge >= 0.3 is 0 Å². The minimum atomic E-state index is -0.273. The fourth-order valence-electron chi connectivity index (χ4n) is 1.47. The number of hydrogen-bond donors (Lipinski definition) is 1. The van der Waals surface area contributed by atoms with E-state index in [1.54, 1.807) is 0 Å². The summed E-state index contributed by atoms with van der Waals surface area (Å²) in [6.07, 6.45) is 1.50. The second-order valence-corrected chi connectivity index (χ2v) is 4.95. The number of amides is 1. The smallest absolute Gasteiger partial charge is 0.271 e. The largest absolute Gasteiger partial charge is 0.346 e. The van der Waals surface area contributed by atoms with Gasteiger partial charge in [-0.05, 0) is 32.9 Å². The molecule has 0 bridgehead atoms. The Kier molecular flexibility index (Phi) is 2.79. The van der Waals surface area contributed by atoms with Gasteiger partial charge in [0, 0.05) is 5.54 Å². The predicted molar refractivity (Wildman–Crippen MR) is 66.8 cm³/mol. The van der Waals surface area contributed by atoms with E-state index in [0.29, 0.717) is 5.69 Å². The zero-order valence-electron chi connectivity index (χ0n) is 10.2. The SMILES string of the molecule is CC(C)(C)NC(=O)c1cnc2ccccc2n1. The van der Waals surface area contributed by atoms with Gasteiger partial charge in [0.2, 0.25) is 0 Å². The van der Waals surface area contributed by atoms with Gasteiger partial charge in [0.25, 0.3) is 5.91 Å². The zero-order valence-corrected chi connectivity index (χ0v) is 10.2. The summed E-state index contributed by atoms with van der Waals surface area (Å²) >= 11 is 0. The number of benzene rings is 1. The van der Waals surface area contributed by atoms with Crippen molar-refractivity contribution in [1.29, 1.82) is 0 Å². The number of para-hydroxylation sites is 2. The Bertz CT molecular complexity index is 558. The molecular formula is C13H15N3O. The molecule has 0 saturated heterocycles. The van der Waals surface area contributed by atoms with Crippen LogP contribution in [0.2, 0.25) is 0 Å². The van der Waals surface area contributed by atoms with Gasteiger partial charge in [-0.15, -0.1) is 0 Å². The Balaban J connectivity index is 2.33. The van der Waals surface area contributed by atoms with Crippen molar-refractivity contribution in [3.05, 3.63) is 36.2 Å². The van der Waals surface area contributed by atoms with E-state index in [9.17, 15) is 4.79 Å². The van der Waals surface area contributed by atoms with E-state index in [1.165, 1.54) is 6.20 Å². The number of aromatic nitrogens is 2. The molecule has 2 rings (SSSR count). The summed E-state index contributed by atoms with van der Waals surface area (Å²) < 4.78 is 0. The fraction of sp³-hybridized carbons (Fsp3) is 0.308. The highest BCUT2D eigenvalue weighted by Crippen LogP contribution is 2.09. The zero-order chi connectivity index (χ0) is 12.5. The number of carbonyl (C=O) groups excluding carboxylic acids is 1. The molecule has 1 aromatic carbocycles. The van der Waals surface area contributed by atoms with Crippen molar-refractivity contribution in [2.45, 2.75) is 26.3 Å². The van der Waals surface area contributed by atoms with Crippen molar-refractivity contribution in [2.75, 3.05) is 0 Å². The average molecular weight is 229 g/mol. The first kappa shape index (κ1) is 11.5. The number of fused-ring (bicyclic) bond motifs is 1. The van der Waals surface area contributed by atoms with Crippen LogP contribution in [0.3, 0.4) is 0 Å². The first-order valence-electron chi connectivity index (χ1n) is 5.50. The highest BCUT2D eigenvalue weighted by atomic mass is 16.2. The van der Waals surface area contributed by atoms with Gasteiger partial charge in [-0.25, -0.2) is 4.98 Å². The molecule has 1 aromatic heterocycles. The van der Waals surface area contributed by atoms with Crippen molar-refractivity contribution in [2.24, 2.45) is 0 Å². The Morgan fingerprint density at radius 3 is 2.47 bits per heavy atom. The first-order chi connectivity index (χ1) is 7.96. The number of nitrogens with zero attached hydrogens (tertiary/aromatic N) is 2. The highest BCUT2D eigenvalue weighted by molar-refractivity contribution is 5.94. The van der Waals surface area contributed by atoms with E-state index >= 15 is 0 Å². The van der Waals surface area contributed by atoms with E-state index < -0.39 is 0 Å². The predicted octanol–water partition coefficient (Wildman–Crippen LogP) is 2.16. The lowest BCUT2D eigenvalue weighted by molar-refractivity contribution is 0.0914.